The van der Waals surface area contributed by atoms with E-state index in [0.29, 0.717) is 10.0 Å². The quantitative estimate of drug-likeness (QED) is 0.704. The summed E-state index contributed by atoms with van der Waals surface area (Å²) >= 11 is 3.31. The Labute approximate surface area is 102 Å². The van der Waals surface area contributed by atoms with E-state index in [1.54, 1.807) is 0 Å². The van der Waals surface area contributed by atoms with Crippen LogP contribution in [0.3, 0.4) is 0 Å². The molecule has 0 spiro atoms. The highest BCUT2D eigenvalue weighted by atomic mass is 79.9. The van der Waals surface area contributed by atoms with Gasteiger partial charge in [0.25, 0.3) is 0 Å². The Morgan fingerprint density at radius 3 is 2.94 bits per heavy atom. The summed E-state index contributed by atoms with van der Waals surface area (Å²) in [5.41, 5.74) is 5.14. The van der Waals surface area contributed by atoms with Crippen LogP contribution >= 0.6 is 15.9 Å². The Morgan fingerprint density at radius 1 is 1.38 bits per heavy atom. The van der Waals surface area contributed by atoms with Crippen LogP contribution in [0, 0.1) is 17.1 Å². The van der Waals surface area contributed by atoms with E-state index in [9.17, 15) is 4.39 Å². The molecule has 0 aromatic heterocycles. The minimum Gasteiger partial charge on any atom is -0.206 e. The Hall–Kier alpha value is -1.14. The average Bonchev–Trinajstić information content (AvgIpc) is 2.82. The van der Waals surface area contributed by atoms with Crippen molar-refractivity contribution in [2.45, 2.75) is 25.7 Å². The van der Waals surface area contributed by atoms with Gasteiger partial charge in [0.2, 0.25) is 0 Å². The van der Waals surface area contributed by atoms with E-state index < -0.39 is 0 Å². The van der Waals surface area contributed by atoms with Gasteiger partial charge in [-0.15, -0.1) is 0 Å². The first kappa shape index (κ1) is 10.0. The summed E-state index contributed by atoms with van der Waals surface area (Å²) in [7, 11) is 0. The molecule has 2 aliphatic rings. The Morgan fingerprint density at radius 2 is 2.19 bits per heavy atom. The van der Waals surface area contributed by atoms with Gasteiger partial charge in [0.15, 0.2) is 0 Å². The molecular weight excluding hydrogens is 269 g/mol. The molecule has 0 aliphatic heterocycles. The van der Waals surface area contributed by atoms with E-state index in [1.807, 2.05) is 0 Å². The first-order valence-electron chi connectivity index (χ1n) is 5.34. The molecule has 0 bridgehead atoms. The zero-order valence-electron chi connectivity index (χ0n) is 8.61. The number of hydrogen-bond acceptors (Lipinski definition) is 1. The number of nitrogens with zero attached hydrogens (tertiary/aromatic N) is 1. The van der Waals surface area contributed by atoms with Gasteiger partial charge in [-0.2, -0.15) is 5.26 Å². The number of hydrogen-bond donors (Lipinski definition) is 0. The van der Waals surface area contributed by atoms with E-state index in [1.165, 1.54) is 17.2 Å². The van der Waals surface area contributed by atoms with Gasteiger partial charge < -0.3 is 0 Å². The average molecular weight is 278 g/mol. The number of benzene rings is 1. The van der Waals surface area contributed by atoms with Crippen LogP contribution in [0.5, 0.6) is 0 Å². The molecule has 0 heterocycles. The Kier molecular flexibility index (Phi) is 2.15. The van der Waals surface area contributed by atoms with E-state index in [0.717, 1.165) is 36.8 Å². The maximum absolute atomic E-state index is 13.7. The Balaban J connectivity index is 2.30. The predicted octanol–water partition coefficient (Wildman–Crippen LogP) is 3.95. The zero-order valence-corrected chi connectivity index (χ0v) is 10.2. The molecule has 1 aromatic carbocycles. The van der Waals surface area contributed by atoms with Gasteiger partial charge in [-0.05, 0) is 64.4 Å². The number of rotatable bonds is 0. The second-order valence-corrected chi connectivity index (χ2v) is 5.09. The van der Waals surface area contributed by atoms with Crippen LogP contribution < -0.4 is 0 Å². The molecule has 0 unspecified atom stereocenters. The number of nitriles is 1. The van der Waals surface area contributed by atoms with Gasteiger partial charge in [0, 0.05) is 0 Å². The van der Waals surface area contributed by atoms with Crippen molar-refractivity contribution in [1.29, 1.82) is 5.26 Å². The van der Waals surface area contributed by atoms with E-state index in [2.05, 4.69) is 22.0 Å². The van der Waals surface area contributed by atoms with Gasteiger partial charge in [-0.1, -0.05) is 5.57 Å². The monoisotopic (exact) mass is 277 g/mol. The van der Waals surface area contributed by atoms with E-state index in [-0.39, 0.29) is 5.82 Å². The fourth-order valence-corrected chi connectivity index (χ4v) is 3.37. The molecular formula is C13H9BrFN. The van der Waals surface area contributed by atoms with Crippen molar-refractivity contribution < 1.29 is 4.39 Å². The van der Waals surface area contributed by atoms with Crippen molar-refractivity contribution in [3.8, 4) is 6.07 Å². The normalized spacial score (nSPS) is 17.3. The van der Waals surface area contributed by atoms with Crippen molar-refractivity contribution in [3.05, 3.63) is 38.6 Å². The highest BCUT2D eigenvalue weighted by Crippen LogP contribution is 2.47. The minimum absolute atomic E-state index is 0.323. The number of allylic oxidation sites excluding steroid dienone is 2. The second-order valence-electron chi connectivity index (χ2n) is 4.30. The maximum atomic E-state index is 13.7. The van der Waals surface area contributed by atoms with Gasteiger partial charge >= 0.3 is 0 Å². The summed E-state index contributed by atoms with van der Waals surface area (Å²) < 4.78 is 14.2. The lowest BCUT2D eigenvalue weighted by Crippen LogP contribution is -1.96. The summed E-state index contributed by atoms with van der Waals surface area (Å²) in [6.07, 6.45) is 4.12. The third-order valence-corrected chi connectivity index (χ3v) is 4.25. The van der Waals surface area contributed by atoms with Crippen molar-refractivity contribution in [1.82, 2.24) is 0 Å². The highest BCUT2D eigenvalue weighted by Gasteiger charge is 2.30. The molecule has 0 fully saturated rings. The van der Waals surface area contributed by atoms with Gasteiger partial charge in [-0.25, -0.2) is 4.39 Å². The molecule has 80 valence electrons. The summed E-state index contributed by atoms with van der Waals surface area (Å²) in [5.74, 6) is -0.323. The molecule has 3 heteroatoms. The fourth-order valence-electron chi connectivity index (χ4n) is 2.78. The molecule has 1 aromatic rings. The summed E-state index contributed by atoms with van der Waals surface area (Å²) in [4.78, 5) is 0. The summed E-state index contributed by atoms with van der Waals surface area (Å²) in [6, 6.07) is 3.44. The standard InChI is InChI=1S/C13H9BrFN/c14-13-11(15)5-8(6-16)10-4-7-2-1-3-9(7)12(10)13/h5H,1-4H2. The molecule has 0 N–H and O–H groups in total. The van der Waals surface area contributed by atoms with Crippen LogP contribution in [0.25, 0.3) is 5.57 Å². The summed E-state index contributed by atoms with van der Waals surface area (Å²) in [5, 5.41) is 9.03. The third kappa shape index (κ3) is 1.20. The molecule has 2 aliphatic carbocycles. The smallest absolute Gasteiger partial charge is 0.139 e. The lowest BCUT2D eigenvalue weighted by molar-refractivity contribution is 0.619. The molecule has 0 amide bonds. The van der Waals surface area contributed by atoms with E-state index >= 15 is 0 Å². The first-order valence-corrected chi connectivity index (χ1v) is 6.14. The molecule has 3 rings (SSSR count). The second kappa shape index (κ2) is 3.43. The third-order valence-electron chi connectivity index (χ3n) is 3.47. The Bertz CT molecular complexity index is 566. The van der Waals surface area contributed by atoms with Crippen molar-refractivity contribution in [2.24, 2.45) is 0 Å². The van der Waals surface area contributed by atoms with Gasteiger partial charge in [0.1, 0.15) is 5.82 Å². The minimum atomic E-state index is -0.323. The first-order chi connectivity index (χ1) is 7.72. The van der Waals surface area contributed by atoms with Gasteiger partial charge in [-0.3, -0.25) is 0 Å². The SMILES string of the molecule is N#Cc1cc(F)c(Br)c2c1CC1=C2CCC1. The van der Waals surface area contributed by atoms with E-state index in [4.69, 9.17) is 5.26 Å². The summed E-state index contributed by atoms with van der Waals surface area (Å²) in [6.45, 7) is 0. The van der Waals surface area contributed by atoms with Crippen molar-refractivity contribution in [3.63, 3.8) is 0 Å². The molecule has 0 saturated heterocycles. The van der Waals surface area contributed by atoms with Gasteiger partial charge in [0.05, 0.1) is 16.1 Å². The van der Waals surface area contributed by atoms with Crippen LogP contribution in [0.2, 0.25) is 0 Å². The predicted molar refractivity (Wildman–Crippen MR) is 63.3 cm³/mol. The largest absolute Gasteiger partial charge is 0.206 e. The maximum Gasteiger partial charge on any atom is 0.139 e. The molecule has 16 heavy (non-hydrogen) atoms. The fraction of sp³-hybridized carbons (Fsp3) is 0.308. The van der Waals surface area contributed by atoms with Crippen LogP contribution in [0.15, 0.2) is 16.1 Å². The van der Waals surface area contributed by atoms with Crippen LogP contribution in [-0.4, -0.2) is 0 Å². The lowest BCUT2D eigenvalue weighted by atomic mass is 9.98. The highest BCUT2D eigenvalue weighted by molar-refractivity contribution is 9.10. The number of halogens is 2. The molecule has 0 saturated carbocycles. The molecule has 0 radical (unpaired) electrons. The van der Waals surface area contributed by atoms with Crippen molar-refractivity contribution in [2.75, 3.05) is 0 Å². The molecule has 0 atom stereocenters. The lowest BCUT2D eigenvalue weighted by Gasteiger charge is -2.09. The topological polar surface area (TPSA) is 23.8 Å². The zero-order chi connectivity index (χ0) is 11.3. The van der Waals surface area contributed by atoms with Crippen LogP contribution in [0.1, 0.15) is 36.0 Å². The van der Waals surface area contributed by atoms with Crippen LogP contribution in [-0.2, 0) is 6.42 Å². The number of fused-ring (bicyclic) bond motifs is 2. The van der Waals surface area contributed by atoms with Crippen molar-refractivity contribution >= 4 is 21.5 Å². The molecule has 1 nitrogen and oxygen atoms in total. The van der Waals surface area contributed by atoms with Crippen LogP contribution in [0.4, 0.5) is 4.39 Å².